The van der Waals surface area contributed by atoms with E-state index >= 15 is 0 Å². The molecule has 0 radical (unpaired) electrons. The monoisotopic (exact) mass is 1520 g/mol. The van der Waals surface area contributed by atoms with Crippen molar-refractivity contribution in [2.24, 2.45) is 0 Å². The van der Waals surface area contributed by atoms with E-state index < -0.39 is 10.8 Å². The maximum absolute atomic E-state index is 6.69. The van der Waals surface area contributed by atoms with Gasteiger partial charge in [-0.1, -0.05) is 388 Å². The first-order chi connectivity index (χ1) is 58.5. The van der Waals surface area contributed by atoms with Gasteiger partial charge < -0.3 is 4.42 Å². The zero-order chi connectivity index (χ0) is 78.1. The average Bonchev–Trinajstić information content (AvgIpc) is 1.54. The van der Waals surface area contributed by atoms with E-state index in [0.29, 0.717) is 34.9 Å². The van der Waals surface area contributed by atoms with E-state index in [4.69, 9.17) is 34.3 Å². The highest BCUT2D eigenvalue weighted by atomic mass is 32.1. The summed E-state index contributed by atoms with van der Waals surface area (Å²) in [6, 6.07) is 151. The zero-order valence-corrected chi connectivity index (χ0v) is 64.7. The van der Waals surface area contributed by atoms with Crippen LogP contribution in [0.25, 0.3) is 166 Å². The van der Waals surface area contributed by atoms with Crippen LogP contribution in [0.3, 0.4) is 0 Å². The fourth-order valence-corrected chi connectivity index (χ4v) is 19.6. The predicted molar refractivity (Wildman–Crippen MR) is 483 cm³/mol. The number of hydrogen-bond acceptors (Lipinski definition) is 8. The number of hydrogen-bond donors (Lipinski definition) is 0. The SMILES string of the molecule is c1ccc(-c2ccc(-c3nc(-c4cccc(-c5ccccc5)c4)nc(-c4cccc5oc6ccc(C7(c8ccccc8)c8ccccc8-c8ccccc87)cc6c45)n3)cc2)cc1.c1ccc(-c2nc(-c3ccccc3)nc(-c3ccccc3-c3ccc4c(c3)sc3cc(C5(c6ccccc6)c6ccccc6-c6ccccc65)ccc34)n2)cc1. The van der Waals surface area contributed by atoms with Gasteiger partial charge in [0.15, 0.2) is 34.9 Å². The van der Waals surface area contributed by atoms with Crippen molar-refractivity contribution in [2.45, 2.75) is 10.8 Å². The Labute approximate surface area is 687 Å². The molecule has 4 heterocycles. The minimum atomic E-state index is -0.551. The molecule has 0 amide bonds. The Morgan fingerprint density at radius 2 is 0.525 bits per heavy atom. The van der Waals surface area contributed by atoms with Crippen LogP contribution < -0.4 is 0 Å². The van der Waals surface area contributed by atoms with Crippen LogP contribution in [0, 0.1) is 0 Å². The fourth-order valence-electron chi connectivity index (χ4n) is 18.4. The Morgan fingerprint density at radius 1 is 0.186 bits per heavy atom. The van der Waals surface area contributed by atoms with Gasteiger partial charge in [0.1, 0.15) is 11.2 Å². The van der Waals surface area contributed by atoms with Crippen molar-refractivity contribution in [3.63, 3.8) is 0 Å². The van der Waals surface area contributed by atoms with Gasteiger partial charge in [0.05, 0.1) is 10.8 Å². The van der Waals surface area contributed by atoms with Crippen LogP contribution in [0.2, 0.25) is 0 Å². The summed E-state index contributed by atoms with van der Waals surface area (Å²) < 4.78 is 9.21. The van der Waals surface area contributed by atoms with Gasteiger partial charge in [0, 0.05) is 64.3 Å². The summed E-state index contributed by atoms with van der Waals surface area (Å²) in [4.78, 5) is 30.8. The average molecular weight is 1520 g/mol. The summed E-state index contributed by atoms with van der Waals surface area (Å²) in [6.07, 6.45) is 0. The van der Waals surface area contributed by atoms with Crippen molar-refractivity contribution >= 4 is 53.4 Å². The van der Waals surface area contributed by atoms with Crippen LogP contribution in [0.4, 0.5) is 0 Å². The second-order valence-corrected chi connectivity index (χ2v) is 31.3. The molecule has 0 unspecified atom stereocenters. The van der Waals surface area contributed by atoms with Crippen LogP contribution in [0.1, 0.15) is 44.5 Å². The molecule has 118 heavy (non-hydrogen) atoms. The molecule has 8 heteroatoms. The third-order valence-electron chi connectivity index (χ3n) is 23.7. The highest BCUT2D eigenvalue weighted by Gasteiger charge is 2.48. The molecule has 0 spiro atoms. The van der Waals surface area contributed by atoms with E-state index in [1.807, 2.05) is 96.3 Å². The lowest BCUT2D eigenvalue weighted by atomic mass is 9.67. The number of benzene rings is 17. The highest BCUT2D eigenvalue weighted by molar-refractivity contribution is 7.25. The summed E-state index contributed by atoms with van der Waals surface area (Å²) in [7, 11) is 0. The van der Waals surface area contributed by atoms with Gasteiger partial charge in [-0.15, -0.1) is 11.3 Å². The van der Waals surface area contributed by atoms with E-state index in [1.165, 1.54) is 86.9 Å². The molecule has 23 rings (SSSR count). The van der Waals surface area contributed by atoms with Gasteiger partial charge in [0.2, 0.25) is 0 Å². The molecule has 0 saturated carbocycles. The second-order valence-electron chi connectivity index (χ2n) is 30.2. The molecule has 17 aromatic carbocycles. The molecule has 0 atom stereocenters. The van der Waals surface area contributed by atoms with Crippen LogP contribution in [-0.2, 0) is 10.8 Å². The smallest absolute Gasteiger partial charge is 0.164 e. The molecule has 2 aliphatic rings. The molecule has 21 aromatic rings. The first kappa shape index (κ1) is 69.5. The summed E-state index contributed by atoms with van der Waals surface area (Å²) >= 11 is 1.86. The van der Waals surface area contributed by atoms with Crippen LogP contribution in [0.15, 0.2) is 429 Å². The molecule has 0 N–H and O–H groups in total. The fraction of sp³-hybridized carbons (Fsp3) is 0.0182. The molecule has 4 aromatic heterocycles. The summed E-state index contributed by atoms with van der Waals surface area (Å²) in [6.45, 7) is 0. The topological polar surface area (TPSA) is 90.5 Å². The van der Waals surface area contributed by atoms with Crippen LogP contribution in [0.5, 0.6) is 0 Å². The van der Waals surface area contributed by atoms with Crippen molar-refractivity contribution in [3.05, 3.63) is 469 Å². The second kappa shape index (κ2) is 29.0. The highest BCUT2D eigenvalue weighted by Crippen LogP contribution is 2.59. The third kappa shape index (κ3) is 11.7. The lowest BCUT2D eigenvalue weighted by Crippen LogP contribution is -2.28. The zero-order valence-electron chi connectivity index (χ0n) is 63.9. The molecular weight excluding hydrogens is 1450 g/mol. The van der Waals surface area contributed by atoms with Crippen molar-refractivity contribution in [1.29, 1.82) is 0 Å². The van der Waals surface area contributed by atoms with Gasteiger partial charge in [0.25, 0.3) is 0 Å². The number of rotatable bonds is 13. The Hall–Kier alpha value is -15.2. The Kier molecular flexibility index (Phi) is 17.1. The van der Waals surface area contributed by atoms with Gasteiger partial charge in [-0.25, -0.2) is 29.9 Å². The standard InChI is InChI=1S/C58H37N3O.C52H33N3S/c1-4-16-38(17-5-1)40-30-32-41(33-31-40)55-59-56(43-21-14-20-42(36-43)39-18-6-2-7-19-39)61-57(60-55)48-26-15-29-53-54(48)49-37-45(34-35-52(49)62-53)58(44-22-8-3-9-23-44)50-27-12-10-24-46(50)47-25-11-13-28-51(47)58;1-4-16-34(17-5-1)49-53-50(35-18-6-2-7-19-35)55-51(54-49)44-25-11-10-22-39(44)36-28-30-42-43-31-29-38(33-48(43)56-47(42)32-36)52(37-20-8-3-9-21-37)45-26-14-12-23-40(45)41-24-13-15-27-46(41)52/h1-37H;1-33H. The van der Waals surface area contributed by atoms with Crippen molar-refractivity contribution in [2.75, 3.05) is 0 Å². The Bertz CT molecular complexity index is 7270. The van der Waals surface area contributed by atoms with Crippen molar-refractivity contribution < 1.29 is 4.42 Å². The van der Waals surface area contributed by atoms with Gasteiger partial charge in [-0.2, -0.15) is 0 Å². The first-order valence-corrected chi connectivity index (χ1v) is 40.8. The minimum Gasteiger partial charge on any atom is -0.456 e. The van der Waals surface area contributed by atoms with Crippen LogP contribution >= 0.6 is 11.3 Å². The Balaban J connectivity index is 0.000000143. The Morgan fingerprint density at radius 3 is 1.05 bits per heavy atom. The normalized spacial score (nSPS) is 12.7. The molecule has 7 nitrogen and oxygen atoms in total. The number of furan rings is 1. The summed E-state index contributed by atoms with van der Waals surface area (Å²) in [5.41, 5.74) is 28.1. The van der Waals surface area contributed by atoms with E-state index in [-0.39, 0.29) is 0 Å². The molecule has 552 valence electrons. The third-order valence-corrected chi connectivity index (χ3v) is 24.8. The maximum atomic E-state index is 6.69. The summed E-state index contributed by atoms with van der Waals surface area (Å²) in [5, 5.41) is 4.50. The van der Waals surface area contributed by atoms with Gasteiger partial charge in [-0.3, -0.25) is 0 Å². The lowest BCUT2D eigenvalue weighted by molar-refractivity contribution is 0.668. The van der Waals surface area contributed by atoms with E-state index in [2.05, 4.69) is 340 Å². The van der Waals surface area contributed by atoms with Gasteiger partial charge in [-0.05, 0) is 137 Å². The van der Waals surface area contributed by atoms with Gasteiger partial charge >= 0.3 is 0 Å². The molecular formula is C110H70N6OS. The molecule has 0 fully saturated rings. The maximum Gasteiger partial charge on any atom is 0.164 e. The molecule has 2 aliphatic carbocycles. The van der Waals surface area contributed by atoms with Crippen LogP contribution in [-0.4, -0.2) is 29.9 Å². The van der Waals surface area contributed by atoms with Crippen molar-refractivity contribution in [1.82, 2.24) is 29.9 Å². The molecule has 0 bridgehead atoms. The quantitative estimate of drug-likeness (QED) is 0.114. The van der Waals surface area contributed by atoms with E-state index in [0.717, 1.165) is 88.7 Å². The molecule has 0 saturated heterocycles. The largest absolute Gasteiger partial charge is 0.456 e. The van der Waals surface area contributed by atoms with Crippen molar-refractivity contribution in [3.8, 4) is 124 Å². The predicted octanol–water partition coefficient (Wildman–Crippen LogP) is 27.7. The number of nitrogens with zero attached hydrogens (tertiary/aromatic N) is 6. The number of fused-ring (bicyclic) bond motifs is 12. The molecule has 0 aliphatic heterocycles. The lowest BCUT2D eigenvalue weighted by Gasteiger charge is -2.33. The van der Waals surface area contributed by atoms with E-state index in [1.54, 1.807) is 0 Å². The minimum absolute atomic E-state index is 0.426. The van der Waals surface area contributed by atoms with E-state index in [9.17, 15) is 0 Å². The summed E-state index contributed by atoms with van der Waals surface area (Å²) in [5.74, 6) is 3.74. The number of aromatic nitrogens is 6. The number of thiophene rings is 1. The first-order valence-electron chi connectivity index (χ1n) is 40.0.